The molecule has 0 fully saturated rings. The Labute approximate surface area is 179 Å². The van der Waals surface area contributed by atoms with Crippen LogP contribution in [0.4, 0.5) is 10.1 Å². The number of aromatic nitrogens is 2. The molecule has 1 amide bonds. The lowest BCUT2D eigenvalue weighted by molar-refractivity contribution is -0.116. The van der Waals surface area contributed by atoms with E-state index in [1.807, 2.05) is 0 Å². The number of carbonyl (C=O) groups excluding carboxylic acids is 2. The summed E-state index contributed by atoms with van der Waals surface area (Å²) in [6, 6.07) is 12.1. The van der Waals surface area contributed by atoms with Crippen LogP contribution in [0, 0.1) is 5.82 Å². The molecule has 4 rings (SSSR count). The second-order valence-electron chi connectivity index (χ2n) is 6.63. The Morgan fingerprint density at radius 3 is 2.71 bits per heavy atom. The van der Waals surface area contributed by atoms with Gasteiger partial charge >= 0.3 is 5.97 Å². The van der Waals surface area contributed by atoms with Crippen molar-refractivity contribution in [2.75, 3.05) is 12.4 Å². The summed E-state index contributed by atoms with van der Waals surface area (Å²) in [5.41, 5.74) is 1.65. The van der Waals surface area contributed by atoms with Crippen LogP contribution >= 0.6 is 11.3 Å². The number of hydrogen-bond acceptors (Lipinski definition) is 6. The molecule has 0 aliphatic heterocycles. The first-order chi connectivity index (χ1) is 15.0. The summed E-state index contributed by atoms with van der Waals surface area (Å²) >= 11 is 1.30. The van der Waals surface area contributed by atoms with E-state index >= 15 is 0 Å². The van der Waals surface area contributed by atoms with E-state index in [-0.39, 0.29) is 17.9 Å². The van der Waals surface area contributed by atoms with E-state index in [4.69, 9.17) is 0 Å². The number of carbonyl (C=O) groups is 2. The van der Waals surface area contributed by atoms with Gasteiger partial charge in [0.2, 0.25) is 5.91 Å². The maximum atomic E-state index is 13.3. The number of halogens is 1. The van der Waals surface area contributed by atoms with Gasteiger partial charge in [-0.1, -0.05) is 18.2 Å². The number of nitrogens with zero attached hydrogens (tertiary/aromatic N) is 2. The Balaban J connectivity index is 1.60. The smallest absolute Gasteiger partial charge is 0.337 e. The third kappa shape index (κ3) is 4.22. The molecule has 0 radical (unpaired) electrons. The van der Waals surface area contributed by atoms with Crippen molar-refractivity contribution in [2.24, 2.45) is 0 Å². The number of anilines is 1. The number of amides is 1. The Morgan fingerprint density at radius 2 is 1.97 bits per heavy atom. The van der Waals surface area contributed by atoms with Gasteiger partial charge in [-0.15, -0.1) is 11.3 Å². The fourth-order valence-corrected chi connectivity index (χ4v) is 4.03. The van der Waals surface area contributed by atoms with Crippen molar-refractivity contribution >= 4 is 39.1 Å². The van der Waals surface area contributed by atoms with Crippen LogP contribution in [0.25, 0.3) is 21.3 Å². The van der Waals surface area contributed by atoms with E-state index in [0.29, 0.717) is 32.6 Å². The molecule has 0 aliphatic carbocycles. The average Bonchev–Trinajstić information content (AvgIpc) is 3.21. The fraction of sp³-hybridized carbons (Fsp3) is 0.0909. The number of methoxy groups -OCH3 is 1. The van der Waals surface area contributed by atoms with Gasteiger partial charge in [0.05, 0.1) is 24.4 Å². The Bertz CT molecular complexity index is 1350. The maximum absolute atomic E-state index is 13.3. The van der Waals surface area contributed by atoms with Crippen LogP contribution in [0.15, 0.2) is 65.0 Å². The lowest BCUT2D eigenvalue weighted by Crippen LogP contribution is -2.27. The fourth-order valence-electron chi connectivity index (χ4n) is 3.12. The topological polar surface area (TPSA) is 90.3 Å². The second kappa shape index (κ2) is 8.49. The molecule has 0 unspecified atom stereocenters. The van der Waals surface area contributed by atoms with Gasteiger partial charge < -0.3 is 10.1 Å². The third-order valence-corrected chi connectivity index (χ3v) is 5.48. The zero-order chi connectivity index (χ0) is 22.0. The maximum Gasteiger partial charge on any atom is 0.337 e. The standard InChI is InChI=1S/C22H16FN3O4S/c1-30-22(29)14-3-2-4-16(9-14)25-18(27)10-26-12-24-20-19(21(26)28)17(11-31-20)13-5-7-15(23)8-6-13/h2-9,11-12H,10H2,1H3,(H,25,27). The normalized spacial score (nSPS) is 10.8. The lowest BCUT2D eigenvalue weighted by Gasteiger charge is -2.09. The highest BCUT2D eigenvalue weighted by Crippen LogP contribution is 2.30. The highest BCUT2D eigenvalue weighted by molar-refractivity contribution is 7.17. The highest BCUT2D eigenvalue weighted by Gasteiger charge is 2.15. The van der Waals surface area contributed by atoms with Crippen molar-refractivity contribution in [1.82, 2.24) is 9.55 Å². The predicted molar refractivity (Wildman–Crippen MR) is 116 cm³/mol. The first-order valence-corrected chi connectivity index (χ1v) is 10.0. The van der Waals surface area contributed by atoms with Gasteiger partial charge in [-0.25, -0.2) is 14.2 Å². The van der Waals surface area contributed by atoms with Gasteiger partial charge in [0.15, 0.2) is 0 Å². The molecule has 2 aromatic heterocycles. The monoisotopic (exact) mass is 437 g/mol. The van der Waals surface area contributed by atoms with Crippen molar-refractivity contribution in [3.63, 3.8) is 0 Å². The number of nitrogens with one attached hydrogen (secondary N) is 1. The van der Waals surface area contributed by atoms with Crippen LogP contribution in [0.2, 0.25) is 0 Å². The van der Waals surface area contributed by atoms with Gasteiger partial charge in [-0.2, -0.15) is 0 Å². The zero-order valence-corrected chi connectivity index (χ0v) is 17.1. The molecule has 0 saturated heterocycles. The summed E-state index contributed by atoms with van der Waals surface area (Å²) in [5.74, 6) is -1.34. The quantitative estimate of drug-likeness (QED) is 0.481. The Hall–Kier alpha value is -3.85. The predicted octanol–water partition coefficient (Wildman–Crippen LogP) is 3.69. The van der Waals surface area contributed by atoms with Gasteiger partial charge in [0, 0.05) is 16.6 Å². The number of ether oxygens (including phenoxy) is 1. The van der Waals surface area contributed by atoms with Crippen molar-refractivity contribution in [3.05, 3.63) is 82.0 Å². The number of benzene rings is 2. The Morgan fingerprint density at radius 1 is 1.19 bits per heavy atom. The van der Waals surface area contributed by atoms with Crippen molar-refractivity contribution in [1.29, 1.82) is 0 Å². The van der Waals surface area contributed by atoms with E-state index in [2.05, 4.69) is 15.0 Å². The Kier molecular flexibility index (Phi) is 5.59. The van der Waals surface area contributed by atoms with Crippen molar-refractivity contribution in [2.45, 2.75) is 6.54 Å². The minimum absolute atomic E-state index is 0.261. The molecule has 2 aromatic carbocycles. The van der Waals surface area contributed by atoms with Crippen LogP contribution in [0.3, 0.4) is 0 Å². The summed E-state index contributed by atoms with van der Waals surface area (Å²) in [4.78, 5) is 42.0. The summed E-state index contributed by atoms with van der Waals surface area (Å²) in [6.45, 7) is -0.261. The van der Waals surface area contributed by atoms with Crippen molar-refractivity contribution < 1.29 is 18.7 Å². The molecule has 4 aromatic rings. The van der Waals surface area contributed by atoms with Gasteiger partial charge in [0.25, 0.3) is 5.56 Å². The molecular weight excluding hydrogens is 421 g/mol. The summed E-state index contributed by atoms with van der Waals surface area (Å²) < 4.78 is 19.1. The van der Waals surface area contributed by atoms with E-state index in [1.165, 1.54) is 47.5 Å². The SMILES string of the molecule is COC(=O)c1cccc(NC(=O)Cn2cnc3scc(-c4ccc(F)cc4)c3c2=O)c1. The molecule has 0 bridgehead atoms. The lowest BCUT2D eigenvalue weighted by atomic mass is 10.1. The molecule has 0 spiro atoms. The number of thiophene rings is 1. The average molecular weight is 437 g/mol. The first-order valence-electron chi connectivity index (χ1n) is 9.17. The van der Waals surface area contributed by atoms with Crippen LogP contribution in [-0.2, 0) is 16.1 Å². The summed E-state index contributed by atoms with van der Waals surface area (Å²) in [6.07, 6.45) is 1.32. The van der Waals surface area contributed by atoms with E-state index in [9.17, 15) is 18.8 Å². The van der Waals surface area contributed by atoms with E-state index in [1.54, 1.807) is 35.7 Å². The molecule has 0 atom stereocenters. The number of esters is 1. The molecular formula is C22H16FN3O4S. The van der Waals surface area contributed by atoms with Crippen LogP contribution in [-0.4, -0.2) is 28.5 Å². The minimum Gasteiger partial charge on any atom is -0.465 e. The molecule has 156 valence electrons. The van der Waals surface area contributed by atoms with E-state index in [0.717, 1.165) is 0 Å². The molecule has 0 saturated carbocycles. The minimum atomic E-state index is -0.521. The largest absolute Gasteiger partial charge is 0.465 e. The van der Waals surface area contributed by atoms with Gasteiger partial charge in [0.1, 0.15) is 17.2 Å². The number of hydrogen-bond donors (Lipinski definition) is 1. The summed E-state index contributed by atoms with van der Waals surface area (Å²) in [7, 11) is 1.27. The van der Waals surface area contributed by atoms with Crippen LogP contribution < -0.4 is 10.9 Å². The first kappa shape index (κ1) is 20.4. The molecule has 31 heavy (non-hydrogen) atoms. The van der Waals surface area contributed by atoms with Crippen LogP contribution in [0.5, 0.6) is 0 Å². The molecule has 1 N–H and O–H groups in total. The van der Waals surface area contributed by atoms with E-state index < -0.39 is 11.9 Å². The second-order valence-corrected chi connectivity index (χ2v) is 7.49. The van der Waals surface area contributed by atoms with Gasteiger partial charge in [-0.05, 0) is 35.9 Å². The molecule has 7 nitrogen and oxygen atoms in total. The number of rotatable bonds is 5. The van der Waals surface area contributed by atoms with Gasteiger partial charge in [-0.3, -0.25) is 14.2 Å². The molecule has 0 aliphatic rings. The highest BCUT2D eigenvalue weighted by atomic mass is 32.1. The molecule has 9 heteroatoms. The van der Waals surface area contributed by atoms with Crippen LogP contribution in [0.1, 0.15) is 10.4 Å². The number of fused-ring (bicyclic) bond motifs is 1. The summed E-state index contributed by atoms with van der Waals surface area (Å²) in [5, 5.41) is 4.82. The zero-order valence-electron chi connectivity index (χ0n) is 16.3. The third-order valence-electron chi connectivity index (χ3n) is 4.60. The molecule has 2 heterocycles. The van der Waals surface area contributed by atoms with Crippen molar-refractivity contribution in [3.8, 4) is 11.1 Å².